The molecule has 0 atom stereocenters. The molecule has 1 aromatic rings. The molecule has 0 radical (unpaired) electrons. The summed E-state index contributed by atoms with van der Waals surface area (Å²) in [6, 6.07) is 5.11. The van der Waals surface area contributed by atoms with Gasteiger partial charge in [-0.2, -0.15) is 0 Å². The molecule has 1 saturated heterocycles. The van der Waals surface area contributed by atoms with E-state index in [2.05, 4.69) is 15.9 Å². The molecule has 0 bridgehead atoms. The lowest BCUT2D eigenvalue weighted by Gasteiger charge is -2.32. The number of hydrogen-bond acceptors (Lipinski definition) is 4. The Balaban J connectivity index is 2.34. The molecule has 2 rings (SSSR count). The molecule has 7 heteroatoms. The summed E-state index contributed by atoms with van der Waals surface area (Å²) >= 11 is 3.23. The predicted octanol–water partition coefficient (Wildman–Crippen LogP) is 3.12. The van der Waals surface area contributed by atoms with E-state index in [1.54, 1.807) is 12.1 Å². The highest BCUT2D eigenvalue weighted by molar-refractivity contribution is 9.10. The molecular formula is C16H21BBrNO4. The molecule has 1 aliphatic rings. The number of halogens is 1. The summed E-state index contributed by atoms with van der Waals surface area (Å²) in [6.45, 7) is 8.16. The fourth-order valence-corrected chi connectivity index (χ4v) is 2.64. The van der Waals surface area contributed by atoms with Crippen molar-refractivity contribution in [1.82, 2.24) is 0 Å². The summed E-state index contributed by atoms with van der Waals surface area (Å²) in [5, 5.41) is 9.21. The van der Waals surface area contributed by atoms with Crippen LogP contribution in [0.15, 0.2) is 28.1 Å². The van der Waals surface area contributed by atoms with Gasteiger partial charge in [0.1, 0.15) is 0 Å². The molecule has 1 fully saturated rings. The van der Waals surface area contributed by atoms with E-state index >= 15 is 0 Å². The average molecular weight is 382 g/mol. The zero-order valence-electron chi connectivity index (χ0n) is 13.7. The van der Waals surface area contributed by atoms with Crippen LogP contribution in [0.1, 0.15) is 43.6 Å². The topological polar surface area (TPSA) is 81.8 Å². The van der Waals surface area contributed by atoms with E-state index in [4.69, 9.17) is 15.0 Å². The Morgan fingerprint density at radius 2 is 1.87 bits per heavy atom. The number of aromatic carboxylic acids is 1. The number of rotatable bonds is 4. The summed E-state index contributed by atoms with van der Waals surface area (Å²) in [5.74, 6) is -0.989. The maximum Gasteiger partial charge on any atom is 0.491 e. The Morgan fingerprint density at radius 1 is 1.30 bits per heavy atom. The molecule has 0 amide bonds. The lowest BCUT2D eigenvalue weighted by atomic mass is 9.77. The Bertz CT molecular complexity index is 641. The van der Waals surface area contributed by atoms with Crippen molar-refractivity contribution in [2.75, 3.05) is 6.54 Å². The minimum atomic E-state index is -0.989. The Kier molecular flexibility index (Phi) is 5.06. The van der Waals surface area contributed by atoms with Gasteiger partial charge in [0.25, 0.3) is 0 Å². The van der Waals surface area contributed by atoms with Gasteiger partial charge < -0.3 is 20.1 Å². The molecule has 1 aromatic carbocycles. The van der Waals surface area contributed by atoms with Crippen molar-refractivity contribution < 1.29 is 19.2 Å². The molecule has 0 spiro atoms. The van der Waals surface area contributed by atoms with Gasteiger partial charge in [-0.3, -0.25) is 0 Å². The van der Waals surface area contributed by atoms with Gasteiger partial charge >= 0.3 is 13.1 Å². The van der Waals surface area contributed by atoms with Crippen molar-refractivity contribution in [3.05, 3.63) is 39.3 Å². The van der Waals surface area contributed by atoms with Gasteiger partial charge in [-0.05, 0) is 66.8 Å². The number of hydrogen-bond donors (Lipinski definition) is 2. The number of carboxylic acids is 1. The van der Waals surface area contributed by atoms with E-state index in [9.17, 15) is 9.90 Å². The maximum absolute atomic E-state index is 11.2. The summed E-state index contributed by atoms with van der Waals surface area (Å²) in [7, 11) is -0.540. The minimum absolute atomic E-state index is 0.198. The molecule has 23 heavy (non-hydrogen) atoms. The van der Waals surface area contributed by atoms with Crippen LogP contribution in [0.5, 0.6) is 0 Å². The van der Waals surface area contributed by atoms with Crippen LogP contribution in [-0.2, 0) is 9.31 Å². The van der Waals surface area contributed by atoms with Gasteiger partial charge in [-0.15, -0.1) is 0 Å². The third kappa shape index (κ3) is 3.69. The minimum Gasteiger partial charge on any atom is -0.478 e. The van der Waals surface area contributed by atoms with Gasteiger partial charge in [0.2, 0.25) is 0 Å². The summed E-state index contributed by atoms with van der Waals surface area (Å²) in [5.41, 5.74) is 6.66. The van der Waals surface area contributed by atoms with Crippen molar-refractivity contribution >= 4 is 35.1 Å². The van der Waals surface area contributed by atoms with Crippen LogP contribution in [0, 0.1) is 0 Å². The molecule has 1 aliphatic heterocycles. The van der Waals surface area contributed by atoms with E-state index in [1.807, 2.05) is 39.8 Å². The van der Waals surface area contributed by atoms with Crippen molar-refractivity contribution in [1.29, 1.82) is 0 Å². The number of benzene rings is 1. The molecule has 3 N–H and O–H groups in total. The van der Waals surface area contributed by atoms with Crippen molar-refractivity contribution in [2.45, 2.75) is 38.9 Å². The number of nitrogens with two attached hydrogens (primary N) is 1. The van der Waals surface area contributed by atoms with Crippen LogP contribution in [0.2, 0.25) is 0 Å². The second-order valence-corrected chi connectivity index (χ2v) is 7.41. The molecular weight excluding hydrogens is 361 g/mol. The summed E-state index contributed by atoms with van der Waals surface area (Å²) < 4.78 is 12.5. The highest BCUT2D eigenvalue weighted by Gasteiger charge is 2.52. The number of carboxylic acid groups (broad SMARTS) is 1. The van der Waals surface area contributed by atoms with Crippen molar-refractivity contribution in [3.8, 4) is 0 Å². The zero-order valence-corrected chi connectivity index (χ0v) is 15.3. The highest BCUT2D eigenvalue weighted by atomic mass is 79.9. The number of carbonyl (C=O) groups is 1. The second kappa shape index (κ2) is 6.40. The molecule has 5 nitrogen and oxygen atoms in total. The van der Waals surface area contributed by atoms with Gasteiger partial charge in [-0.1, -0.05) is 12.1 Å². The average Bonchev–Trinajstić information content (AvgIpc) is 2.66. The lowest BCUT2D eigenvalue weighted by molar-refractivity contribution is 0.00578. The van der Waals surface area contributed by atoms with E-state index in [0.29, 0.717) is 4.47 Å². The highest BCUT2D eigenvalue weighted by Crippen LogP contribution is 2.38. The van der Waals surface area contributed by atoms with Crippen molar-refractivity contribution in [3.63, 3.8) is 0 Å². The van der Waals surface area contributed by atoms with Gasteiger partial charge in [0.05, 0.1) is 16.8 Å². The molecule has 1 heterocycles. The fourth-order valence-electron chi connectivity index (χ4n) is 2.23. The van der Waals surface area contributed by atoms with Crippen LogP contribution in [0.4, 0.5) is 0 Å². The van der Waals surface area contributed by atoms with Crippen molar-refractivity contribution in [2.24, 2.45) is 5.73 Å². The Morgan fingerprint density at radius 3 is 2.35 bits per heavy atom. The normalized spacial score (nSPS) is 19.9. The molecule has 0 aromatic heterocycles. The fraction of sp³-hybridized carbons (Fsp3) is 0.438. The van der Waals surface area contributed by atoms with Gasteiger partial charge in [0.15, 0.2) is 0 Å². The first-order valence-corrected chi connectivity index (χ1v) is 8.16. The third-order valence-corrected chi connectivity index (χ3v) is 5.06. The van der Waals surface area contributed by atoms with Crippen LogP contribution in [0.3, 0.4) is 0 Å². The van der Waals surface area contributed by atoms with E-state index in [-0.39, 0.29) is 12.1 Å². The van der Waals surface area contributed by atoms with E-state index in [1.165, 1.54) is 0 Å². The first-order chi connectivity index (χ1) is 10.6. The second-order valence-electron chi connectivity index (χ2n) is 6.56. The van der Waals surface area contributed by atoms with Gasteiger partial charge in [-0.25, -0.2) is 4.79 Å². The first kappa shape index (κ1) is 18.2. The quantitative estimate of drug-likeness (QED) is 0.783. The summed E-state index contributed by atoms with van der Waals surface area (Å²) in [6.07, 6.45) is 1.82. The molecule has 124 valence electrons. The largest absolute Gasteiger partial charge is 0.491 e. The Hall–Kier alpha value is -1.15. The predicted molar refractivity (Wildman–Crippen MR) is 94.2 cm³/mol. The van der Waals surface area contributed by atoms with Crippen LogP contribution in [0.25, 0.3) is 6.08 Å². The summed E-state index contributed by atoms with van der Waals surface area (Å²) in [4.78, 5) is 11.2. The lowest BCUT2D eigenvalue weighted by Crippen LogP contribution is -2.41. The van der Waals surface area contributed by atoms with Crippen LogP contribution in [-0.4, -0.2) is 35.9 Å². The third-order valence-electron chi connectivity index (χ3n) is 4.36. The SMILES string of the molecule is CC1(C)OB(C(=Cc2ccc(Br)c(C(=O)O)c2)CN)OC1(C)C. The van der Waals surface area contributed by atoms with Crippen LogP contribution < -0.4 is 5.73 Å². The monoisotopic (exact) mass is 381 g/mol. The van der Waals surface area contributed by atoms with E-state index < -0.39 is 24.3 Å². The Labute approximate surface area is 145 Å². The molecule has 0 unspecified atom stereocenters. The zero-order chi connectivity index (χ0) is 17.4. The van der Waals surface area contributed by atoms with Gasteiger partial charge in [0, 0.05) is 11.0 Å². The maximum atomic E-state index is 11.2. The molecule has 0 saturated carbocycles. The molecule has 0 aliphatic carbocycles. The van der Waals surface area contributed by atoms with E-state index in [0.717, 1.165) is 11.0 Å². The van der Waals surface area contributed by atoms with Crippen LogP contribution >= 0.6 is 15.9 Å². The first-order valence-electron chi connectivity index (χ1n) is 7.36. The standard InChI is InChI=1S/C16H21BBrNO4/c1-15(2)16(3,4)23-17(22-15)11(9-19)7-10-5-6-13(18)12(8-10)14(20)21/h5-8H,9,19H2,1-4H3,(H,20,21). The smallest absolute Gasteiger partial charge is 0.478 e.